The molecule has 0 saturated heterocycles. The summed E-state index contributed by atoms with van der Waals surface area (Å²) in [5, 5.41) is 14.5. The van der Waals surface area contributed by atoms with Gasteiger partial charge in [-0.3, -0.25) is 9.40 Å². The summed E-state index contributed by atoms with van der Waals surface area (Å²) in [6.07, 6.45) is 8.50. The number of nitrogens with one attached hydrogen (secondary N) is 2. The summed E-state index contributed by atoms with van der Waals surface area (Å²) in [5.41, 5.74) is 7.00. The van der Waals surface area contributed by atoms with Crippen LogP contribution < -0.4 is 4.72 Å². The summed E-state index contributed by atoms with van der Waals surface area (Å²) < 4.78 is 27.6. The van der Waals surface area contributed by atoms with Gasteiger partial charge in [0.15, 0.2) is 0 Å². The van der Waals surface area contributed by atoms with Gasteiger partial charge in [-0.05, 0) is 41.0 Å². The Bertz CT molecular complexity index is 1670. The van der Waals surface area contributed by atoms with Crippen LogP contribution in [0, 0.1) is 11.3 Å². The number of aromatic amines is 1. The summed E-state index contributed by atoms with van der Waals surface area (Å²) in [5.74, 6) is 0. The van der Waals surface area contributed by atoms with Gasteiger partial charge in [-0.1, -0.05) is 24.3 Å². The van der Waals surface area contributed by atoms with Crippen LogP contribution in [0.3, 0.4) is 0 Å². The van der Waals surface area contributed by atoms with Crippen LogP contribution in [0.2, 0.25) is 0 Å². The smallest absolute Gasteiger partial charge is 0.229 e. The van der Waals surface area contributed by atoms with Crippen LogP contribution in [-0.2, 0) is 17.1 Å². The number of sulfonamides is 1. The van der Waals surface area contributed by atoms with Crippen LogP contribution in [0.4, 0.5) is 5.69 Å². The minimum absolute atomic E-state index is 0.334. The van der Waals surface area contributed by atoms with E-state index in [4.69, 9.17) is 0 Å². The number of nitriles is 1. The molecule has 0 atom stereocenters. The van der Waals surface area contributed by atoms with Crippen molar-refractivity contribution < 1.29 is 8.42 Å². The van der Waals surface area contributed by atoms with Crippen molar-refractivity contribution in [2.75, 3.05) is 11.0 Å². The molecule has 0 aliphatic carbocycles. The molecule has 5 rings (SSSR count). The summed E-state index contributed by atoms with van der Waals surface area (Å²) in [4.78, 5) is 7.73. The van der Waals surface area contributed by atoms with E-state index >= 15 is 0 Å². The zero-order valence-corrected chi connectivity index (χ0v) is 19.3. The Morgan fingerprint density at radius 2 is 1.71 bits per heavy atom. The van der Waals surface area contributed by atoms with E-state index in [0.717, 1.165) is 39.5 Å². The van der Waals surface area contributed by atoms with E-state index in [1.54, 1.807) is 16.8 Å². The maximum Gasteiger partial charge on any atom is 0.229 e. The monoisotopic (exact) mass is 468 g/mol. The number of H-pyrrole nitrogens is 1. The van der Waals surface area contributed by atoms with Crippen molar-refractivity contribution in [3.8, 4) is 39.4 Å². The minimum atomic E-state index is -3.48. The molecule has 0 amide bonds. The lowest BCUT2D eigenvalue weighted by atomic mass is 9.99. The fourth-order valence-corrected chi connectivity index (χ4v) is 4.49. The van der Waals surface area contributed by atoms with Crippen molar-refractivity contribution in [2.45, 2.75) is 0 Å². The van der Waals surface area contributed by atoms with Gasteiger partial charge in [0, 0.05) is 47.7 Å². The Balaban J connectivity index is 1.55. The van der Waals surface area contributed by atoms with Crippen molar-refractivity contribution in [1.29, 1.82) is 5.26 Å². The zero-order valence-electron chi connectivity index (χ0n) is 18.4. The highest BCUT2D eigenvalue weighted by Gasteiger charge is 2.13. The molecule has 0 bridgehead atoms. The fourth-order valence-electron chi connectivity index (χ4n) is 3.95. The van der Waals surface area contributed by atoms with Gasteiger partial charge in [-0.25, -0.2) is 13.4 Å². The lowest BCUT2D eigenvalue weighted by Crippen LogP contribution is -2.09. The Morgan fingerprint density at radius 1 is 0.971 bits per heavy atom. The lowest BCUT2D eigenvalue weighted by molar-refractivity contribution is 0.607. The Labute approximate surface area is 196 Å². The molecule has 0 radical (unpaired) electrons. The molecule has 0 spiro atoms. The maximum absolute atomic E-state index is 11.7. The number of pyridine rings is 1. The molecule has 34 heavy (non-hydrogen) atoms. The molecule has 0 unspecified atom stereocenters. The molecule has 2 aromatic carbocycles. The third-order valence-corrected chi connectivity index (χ3v) is 6.07. The molecule has 0 fully saturated rings. The largest absolute Gasteiger partial charge is 0.346 e. The second-order valence-corrected chi connectivity index (χ2v) is 9.84. The van der Waals surface area contributed by atoms with Gasteiger partial charge in [-0.2, -0.15) is 10.4 Å². The highest BCUT2D eigenvalue weighted by Crippen LogP contribution is 2.33. The van der Waals surface area contributed by atoms with Gasteiger partial charge in [0.2, 0.25) is 10.0 Å². The quantitative estimate of drug-likeness (QED) is 0.393. The Morgan fingerprint density at radius 3 is 2.35 bits per heavy atom. The average molecular weight is 469 g/mol. The molecular formula is C25H20N6O2S. The minimum Gasteiger partial charge on any atom is -0.346 e. The van der Waals surface area contributed by atoms with Crippen LogP contribution >= 0.6 is 0 Å². The second kappa shape index (κ2) is 8.17. The van der Waals surface area contributed by atoms with Crippen molar-refractivity contribution in [3.05, 3.63) is 78.9 Å². The number of fused-ring (bicyclic) bond motifs is 1. The van der Waals surface area contributed by atoms with Gasteiger partial charge in [0.1, 0.15) is 5.65 Å². The number of benzene rings is 2. The van der Waals surface area contributed by atoms with E-state index in [2.05, 4.69) is 25.9 Å². The molecule has 0 aliphatic heterocycles. The predicted octanol–water partition coefficient (Wildman–Crippen LogP) is 4.54. The highest BCUT2D eigenvalue weighted by atomic mass is 32.2. The van der Waals surface area contributed by atoms with Crippen molar-refractivity contribution in [2.24, 2.45) is 7.05 Å². The van der Waals surface area contributed by atoms with E-state index in [1.165, 1.54) is 6.07 Å². The first-order chi connectivity index (χ1) is 16.3. The van der Waals surface area contributed by atoms with Gasteiger partial charge in [-0.15, -0.1) is 0 Å². The molecule has 168 valence electrons. The standard InChI is InChI=1S/C25H20N6O2S/c1-31-15-21(13-29-31)18-5-3-17(4-6-18)20-10-23-24(14-28-25(23)27-12-20)19-7-16(11-26)8-22(9-19)30-34(2,32)33/h3-10,12-15,30H,1-2H3,(H,27,28). The van der Waals surface area contributed by atoms with E-state index in [9.17, 15) is 13.7 Å². The number of hydrogen-bond donors (Lipinski definition) is 2. The molecule has 8 nitrogen and oxygen atoms in total. The third kappa shape index (κ3) is 4.27. The van der Waals surface area contributed by atoms with Crippen LogP contribution in [0.25, 0.3) is 44.4 Å². The van der Waals surface area contributed by atoms with Crippen molar-refractivity contribution in [3.63, 3.8) is 0 Å². The molecule has 5 aromatic rings. The molecule has 9 heteroatoms. The number of nitrogens with zero attached hydrogens (tertiary/aromatic N) is 4. The Hall–Kier alpha value is -4.42. The number of anilines is 1. The third-order valence-electron chi connectivity index (χ3n) is 5.46. The maximum atomic E-state index is 11.7. The van der Waals surface area contributed by atoms with Crippen LogP contribution in [0.1, 0.15) is 5.56 Å². The predicted molar refractivity (Wildman–Crippen MR) is 132 cm³/mol. The first-order valence-electron chi connectivity index (χ1n) is 10.4. The molecule has 3 aromatic heterocycles. The second-order valence-electron chi connectivity index (χ2n) is 8.09. The first-order valence-corrected chi connectivity index (χ1v) is 12.3. The van der Waals surface area contributed by atoms with Gasteiger partial charge < -0.3 is 4.98 Å². The number of hydrogen-bond acceptors (Lipinski definition) is 5. The first kappa shape index (κ1) is 21.4. The normalized spacial score (nSPS) is 11.4. The molecule has 0 saturated carbocycles. The summed E-state index contributed by atoms with van der Waals surface area (Å²) in [6.45, 7) is 0. The van der Waals surface area contributed by atoms with Gasteiger partial charge >= 0.3 is 0 Å². The summed E-state index contributed by atoms with van der Waals surface area (Å²) in [6, 6.07) is 17.3. The molecule has 0 aliphatic rings. The number of aromatic nitrogens is 4. The van der Waals surface area contributed by atoms with Gasteiger partial charge in [0.05, 0.1) is 29.8 Å². The van der Waals surface area contributed by atoms with E-state index in [0.29, 0.717) is 22.5 Å². The average Bonchev–Trinajstić information content (AvgIpc) is 3.43. The topological polar surface area (TPSA) is 116 Å². The van der Waals surface area contributed by atoms with Crippen molar-refractivity contribution in [1.82, 2.24) is 19.7 Å². The van der Waals surface area contributed by atoms with E-state index in [1.807, 2.05) is 62.2 Å². The van der Waals surface area contributed by atoms with Crippen molar-refractivity contribution >= 4 is 26.7 Å². The van der Waals surface area contributed by atoms with Crippen LogP contribution in [0.15, 0.2) is 73.3 Å². The Kier molecular flexibility index (Phi) is 5.15. The summed E-state index contributed by atoms with van der Waals surface area (Å²) in [7, 11) is -1.59. The van der Waals surface area contributed by atoms with E-state index < -0.39 is 10.0 Å². The lowest BCUT2D eigenvalue weighted by Gasteiger charge is -2.08. The number of aryl methyl sites for hydroxylation is 1. The number of rotatable bonds is 5. The molecule has 3 heterocycles. The zero-order chi connectivity index (χ0) is 23.9. The SMILES string of the molecule is Cn1cc(-c2ccc(-c3cnc4[nH]cc(-c5cc(C#N)cc(NS(C)(=O)=O)c5)c4c3)cc2)cn1. The van der Waals surface area contributed by atoms with Crippen LogP contribution in [0.5, 0.6) is 0 Å². The molecular weight excluding hydrogens is 448 g/mol. The fraction of sp³-hybridized carbons (Fsp3) is 0.0800. The van der Waals surface area contributed by atoms with Crippen LogP contribution in [-0.4, -0.2) is 34.4 Å². The van der Waals surface area contributed by atoms with Gasteiger partial charge in [0.25, 0.3) is 0 Å². The van der Waals surface area contributed by atoms with E-state index in [-0.39, 0.29) is 0 Å². The summed E-state index contributed by atoms with van der Waals surface area (Å²) >= 11 is 0. The highest BCUT2D eigenvalue weighted by molar-refractivity contribution is 7.92. The molecule has 2 N–H and O–H groups in total.